The third-order valence-corrected chi connectivity index (χ3v) is 6.16. The van der Waals surface area contributed by atoms with Gasteiger partial charge in [0.15, 0.2) is 0 Å². The van der Waals surface area contributed by atoms with Gasteiger partial charge in [0.1, 0.15) is 0 Å². The lowest BCUT2D eigenvalue weighted by molar-refractivity contribution is -0.474. The third kappa shape index (κ3) is 6.07. The number of aliphatic imine (C=N–C) groups is 1. The van der Waals surface area contributed by atoms with Crippen LogP contribution in [0.4, 0.5) is 97.9 Å². The molecule has 1 N–H and O–H groups in total. The molecule has 270 valence electrons. The van der Waals surface area contributed by atoms with Gasteiger partial charge in [-0.2, -0.15) is 97.2 Å². The van der Waals surface area contributed by atoms with E-state index in [1.165, 1.54) is 5.32 Å². The molecule has 1 rings (SSSR count). The molecule has 0 saturated carbocycles. The Morgan fingerprint density at radius 1 is 0.660 bits per heavy atom. The number of carbonyl (C=O) groups excluding carboxylic acids is 2. The Balaban J connectivity index is 3.60. The molecule has 47 heavy (non-hydrogen) atoms. The normalized spacial score (nSPS) is 15.6. The molecule has 1 aromatic carbocycles. The van der Waals surface area contributed by atoms with E-state index in [0.717, 1.165) is 31.2 Å². The van der Waals surface area contributed by atoms with E-state index >= 15 is 0 Å². The molecular weight excluding hydrogens is 723 g/mol. The van der Waals surface area contributed by atoms with Crippen molar-refractivity contribution in [3.63, 3.8) is 0 Å². The van der Waals surface area contributed by atoms with E-state index in [1.807, 2.05) is 0 Å². The molecule has 0 aliphatic rings. The van der Waals surface area contributed by atoms with Gasteiger partial charge in [-0.05, 0) is 25.5 Å². The summed E-state index contributed by atoms with van der Waals surface area (Å²) in [6, 6.07) is 0.493. The monoisotopic (exact) mass is 736 g/mol. The summed E-state index contributed by atoms with van der Waals surface area (Å²) in [5.41, 5.74) is -1.43. The average Bonchev–Trinajstić information content (AvgIpc) is 2.86. The van der Waals surface area contributed by atoms with Gasteiger partial charge in [-0.1, -0.05) is 12.1 Å². The maximum atomic E-state index is 14.3. The van der Waals surface area contributed by atoms with Crippen LogP contribution < -0.4 is 5.32 Å². The second-order valence-electron chi connectivity index (χ2n) is 9.55. The highest BCUT2D eigenvalue weighted by molar-refractivity contribution is 6.00. The van der Waals surface area contributed by atoms with Crippen molar-refractivity contribution in [2.45, 2.75) is 85.8 Å². The van der Waals surface area contributed by atoms with Crippen molar-refractivity contribution < 1.29 is 102 Å². The second kappa shape index (κ2) is 11.9. The van der Waals surface area contributed by atoms with Crippen molar-refractivity contribution in [2.24, 2.45) is 4.99 Å². The van der Waals surface area contributed by atoms with E-state index in [4.69, 9.17) is 0 Å². The first-order valence-electron chi connectivity index (χ1n) is 11.4. The summed E-state index contributed by atoms with van der Waals surface area (Å²) in [6.45, 7) is 1.32. The number of rotatable bonds is 13. The summed E-state index contributed by atoms with van der Waals surface area (Å²) in [6.07, 6.45) is -10.1. The van der Waals surface area contributed by atoms with Gasteiger partial charge >= 0.3 is 59.5 Å². The molecular formula is C22H13F21N2O2. The summed E-state index contributed by atoms with van der Waals surface area (Å²) in [5, 5.41) is 1.38. The first-order valence-corrected chi connectivity index (χ1v) is 11.4. The van der Waals surface area contributed by atoms with Crippen molar-refractivity contribution in [1.29, 1.82) is 0 Å². The van der Waals surface area contributed by atoms with Crippen LogP contribution in [0.1, 0.15) is 29.3 Å². The quantitative estimate of drug-likeness (QED) is 0.125. The lowest BCUT2D eigenvalue weighted by atomic mass is 9.85. The molecule has 1 aromatic rings. The van der Waals surface area contributed by atoms with Crippen LogP contribution in [0.3, 0.4) is 0 Å². The van der Waals surface area contributed by atoms with Crippen LogP contribution >= 0.6 is 0 Å². The lowest BCUT2D eigenvalue weighted by Gasteiger charge is -2.44. The molecule has 0 aliphatic heterocycles. The third-order valence-electron chi connectivity index (χ3n) is 6.16. The Bertz CT molecular complexity index is 1380. The number of nitrogens with one attached hydrogen (secondary N) is 1. The number of alkyl halides is 21. The highest BCUT2D eigenvalue weighted by atomic mass is 19.4. The van der Waals surface area contributed by atoms with Gasteiger partial charge in [0.2, 0.25) is 6.08 Å². The number of nitrogens with zero attached hydrogens (tertiary/aromatic N) is 1. The van der Waals surface area contributed by atoms with E-state index in [0.29, 0.717) is 0 Å². The van der Waals surface area contributed by atoms with Crippen LogP contribution in [0.5, 0.6) is 0 Å². The fourth-order valence-electron chi connectivity index (χ4n) is 3.54. The highest BCUT2D eigenvalue weighted by Gasteiger charge is 2.97. The molecule has 0 aliphatic carbocycles. The van der Waals surface area contributed by atoms with Gasteiger partial charge in [0, 0.05) is 12.5 Å². The lowest BCUT2D eigenvalue weighted by Crippen LogP contribution is -2.76. The number of benzene rings is 1. The zero-order valence-corrected chi connectivity index (χ0v) is 22.2. The Labute approximate surface area is 246 Å². The average molecular weight is 736 g/mol. The van der Waals surface area contributed by atoms with E-state index in [9.17, 15) is 102 Å². The minimum atomic E-state index is -9.26. The van der Waals surface area contributed by atoms with Crippen LogP contribution in [0.15, 0.2) is 23.2 Å². The zero-order chi connectivity index (χ0) is 37.8. The predicted octanol–water partition coefficient (Wildman–Crippen LogP) is 8.75. The van der Waals surface area contributed by atoms with E-state index in [-0.39, 0.29) is 12.5 Å². The molecule has 25 heteroatoms. The molecule has 0 aromatic heterocycles. The van der Waals surface area contributed by atoms with Gasteiger partial charge < -0.3 is 5.32 Å². The van der Waals surface area contributed by atoms with Crippen LogP contribution in [-0.2, 0) is 4.79 Å². The van der Waals surface area contributed by atoms with Crippen molar-refractivity contribution in [2.75, 3.05) is 0 Å². The van der Waals surface area contributed by atoms with Gasteiger partial charge in [0.25, 0.3) is 5.91 Å². The van der Waals surface area contributed by atoms with E-state index in [2.05, 4.69) is 4.99 Å². The molecule has 1 amide bonds. The van der Waals surface area contributed by atoms with Crippen molar-refractivity contribution in [3.8, 4) is 0 Å². The summed E-state index contributed by atoms with van der Waals surface area (Å²) >= 11 is 0. The van der Waals surface area contributed by atoms with E-state index in [1.54, 1.807) is 0 Å². The maximum absolute atomic E-state index is 14.3. The second-order valence-corrected chi connectivity index (χ2v) is 9.55. The number of halogens is 21. The Kier molecular flexibility index (Phi) is 10.6. The Hall–Kier alpha value is -3.40. The minimum absolute atomic E-state index is 0.145. The molecule has 0 radical (unpaired) electrons. The fourth-order valence-corrected chi connectivity index (χ4v) is 3.54. The maximum Gasteiger partial charge on any atom is 0.460 e. The van der Waals surface area contributed by atoms with Gasteiger partial charge in [0.05, 0.1) is 11.3 Å². The Morgan fingerprint density at radius 3 is 1.38 bits per heavy atom. The van der Waals surface area contributed by atoms with Crippen LogP contribution in [0, 0.1) is 6.92 Å². The molecule has 0 heterocycles. The molecule has 0 bridgehead atoms. The molecule has 1 unspecified atom stereocenters. The molecule has 0 spiro atoms. The van der Waals surface area contributed by atoms with Gasteiger partial charge in [-0.25, -0.2) is 4.79 Å². The smallest absolute Gasteiger partial charge is 0.349 e. The first kappa shape index (κ1) is 41.6. The van der Waals surface area contributed by atoms with Crippen LogP contribution in [-0.4, -0.2) is 77.5 Å². The highest BCUT2D eigenvalue weighted by Crippen LogP contribution is 2.66. The molecule has 0 saturated heterocycles. The summed E-state index contributed by atoms with van der Waals surface area (Å²) < 4.78 is 284. The molecule has 1 atom stereocenters. The summed E-state index contributed by atoms with van der Waals surface area (Å²) in [5.74, 6) is -79.5. The van der Waals surface area contributed by atoms with Crippen molar-refractivity contribution >= 4 is 17.7 Å². The molecule has 0 fully saturated rings. The Morgan fingerprint density at radius 2 is 1.02 bits per heavy atom. The largest absolute Gasteiger partial charge is 0.460 e. The topological polar surface area (TPSA) is 58.5 Å². The number of carbonyl (C=O) groups is 1. The van der Waals surface area contributed by atoms with Crippen molar-refractivity contribution in [3.05, 3.63) is 29.3 Å². The number of hydrogen-bond donors (Lipinski definition) is 1. The number of hydrogen-bond acceptors (Lipinski definition) is 3. The first-order chi connectivity index (χ1) is 20.5. The van der Waals surface area contributed by atoms with E-state index < -0.39 is 89.1 Å². The SMILES string of the molecule is Cc1cccc(N=C=O)c1C(=O)NC(C)CC(F)(F)C(F)(F)C(F)(F)C(F)(F)C(F)(F)C(F)(F)C(F)(F)C(F)(F)C(F)(F)C(F)(F)F. The fraction of sp³-hybridized carbons (Fsp3) is 0.636. The number of isocyanates is 1. The zero-order valence-electron chi connectivity index (χ0n) is 22.2. The van der Waals surface area contributed by atoms with Crippen LogP contribution in [0.2, 0.25) is 0 Å². The number of amides is 1. The van der Waals surface area contributed by atoms with Gasteiger partial charge in [-0.15, -0.1) is 0 Å². The molecule has 4 nitrogen and oxygen atoms in total. The number of aryl methyl sites for hydroxylation is 1. The summed E-state index contributed by atoms with van der Waals surface area (Å²) in [4.78, 5) is 25.9. The standard InChI is InChI=1S/C22H13F21N2O2/c1-8-4-3-5-10(44-7-46)11(8)12(47)45-9(2)6-13(23,24)14(25,26)15(27,28)16(29,30)17(31,32)18(33,34)19(35,36)20(37,38)21(39,40)22(41,42)43/h3-5,9H,6H2,1-2H3,(H,45,47). The summed E-state index contributed by atoms with van der Waals surface area (Å²) in [7, 11) is 0. The van der Waals surface area contributed by atoms with Crippen LogP contribution in [0.25, 0.3) is 0 Å². The minimum Gasteiger partial charge on any atom is -0.349 e. The predicted molar refractivity (Wildman–Crippen MR) is 111 cm³/mol. The van der Waals surface area contributed by atoms with Gasteiger partial charge in [-0.3, -0.25) is 4.79 Å². The van der Waals surface area contributed by atoms with Crippen molar-refractivity contribution in [1.82, 2.24) is 5.32 Å².